The van der Waals surface area contributed by atoms with Gasteiger partial charge in [-0.2, -0.15) is 0 Å². The molecule has 0 aliphatic heterocycles. The molecule has 0 bridgehead atoms. The Hall–Kier alpha value is -1.74. The van der Waals surface area contributed by atoms with Gasteiger partial charge in [-0.1, -0.05) is 18.2 Å². The average molecular weight is 256 g/mol. The zero-order valence-electron chi connectivity index (χ0n) is 11.5. The van der Waals surface area contributed by atoms with Gasteiger partial charge in [0.1, 0.15) is 5.78 Å². The molecule has 2 N–H and O–H groups in total. The fourth-order valence-electron chi connectivity index (χ4n) is 2.07. The first kappa shape index (κ1) is 13.7. The summed E-state index contributed by atoms with van der Waals surface area (Å²) < 4.78 is 0. The third-order valence-corrected chi connectivity index (χ3v) is 3.18. The minimum absolute atomic E-state index is 0.231. The lowest BCUT2D eigenvalue weighted by Gasteiger charge is -2.17. The second kappa shape index (κ2) is 5.49. The number of nitrogens with two attached hydrogens (primary N) is 1. The highest BCUT2D eigenvalue weighted by molar-refractivity contribution is 5.88. The van der Waals surface area contributed by atoms with Gasteiger partial charge in [-0.25, -0.2) is 0 Å². The Labute approximate surface area is 113 Å². The van der Waals surface area contributed by atoms with Gasteiger partial charge in [0.05, 0.1) is 5.52 Å². The highest BCUT2D eigenvalue weighted by Gasteiger charge is 2.14. The second-order valence-electron chi connectivity index (χ2n) is 5.69. The van der Waals surface area contributed by atoms with E-state index in [1.807, 2.05) is 44.2 Å². The molecule has 100 valence electrons. The largest absolute Gasteiger partial charge is 0.326 e. The van der Waals surface area contributed by atoms with Crippen molar-refractivity contribution in [1.29, 1.82) is 0 Å². The number of Topliss-reactive ketones (excluding diaryl/α,β-unsaturated/α-hetero) is 1. The van der Waals surface area contributed by atoms with Crippen molar-refractivity contribution in [3.63, 3.8) is 0 Å². The van der Waals surface area contributed by atoms with Gasteiger partial charge >= 0.3 is 0 Å². The SMILES string of the molecule is CC(C)(N)CCC(=O)Cc1ccnc2ccccc12. The molecule has 0 spiro atoms. The Balaban J connectivity index is 2.11. The molecule has 3 nitrogen and oxygen atoms in total. The molecule has 0 aliphatic carbocycles. The highest BCUT2D eigenvalue weighted by atomic mass is 16.1. The normalized spacial score (nSPS) is 11.7. The molecule has 3 heteroatoms. The van der Waals surface area contributed by atoms with Gasteiger partial charge in [0.25, 0.3) is 0 Å². The number of hydrogen-bond acceptors (Lipinski definition) is 3. The Morgan fingerprint density at radius 1 is 1.26 bits per heavy atom. The van der Waals surface area contributed by atoms with Crippen LogP contribution in [0.2, 0.25) is 0 Å². The Morgan fingerprint density at radius 2 is 2.00 bits per heavy atom. The molecular formula is C16H20N2O. The van der Waals surface area contributed by atoms with Gasteiger partial charge < -0.3 is 5.73 Å². The first-order chi connectivity index (χ1) is 8.96. The number of hydrogen-bond donors (Lipinski definition) is 1. The van der Waals surface area contributed by atoms with Gasteiger partial charge in [-0.05, 0) is 38.0 Å². The van der Waals surface area contributed by atoms with E-state index in [0.717, 1.165) is 22.9 Å². The van der Waals surface area contributed by atoms with E-state index < -0.39 is 0 Å². The smallest absolute Gasteiger partial charge is 0.137 e. The molecule has 1 aromatic heterocycles. The van der Waals surface area contributed by atoms with Gasteiger partial charge in [-0.3, -0.25) is 9.78 Å². The van der Waals surface area contributed by atoms with Gasteiger partial charge in [-0.15, -0.1) is 0 Å². The van der Waals surface area contributed by atoms with E-state index in [1.165, 1.54) is 0 Å². The molecule has 0 atom stereocenters. The number of nitrogens with zero attached hydrogens (tertiary/aromatic N) is 1. The Bertz CT molecular complexity index is 579. The molecule has 2 aromatic rings. The number of aromatic nitrogens is 1. The summed E-state index contributed by atoms with van der Waals surface area (Å²) >= 11 is 0. The van der Waals surface area contributed by atoms with E-state index in [-0.39, 0.29) is 11.3 Å². The van der Waals surface area contributed by atoms with E-state index in [9.17, 15) is 4.79 Å². The predicted octanol–water partition coefficient (Wildman–Crippen LogP) is 2.86. The molecule has 0 aliphatic rings. The van der Waals surface area contributed by atoms with Crippen molar-refractivity contribution < 1.29 is 4.79 Å². The van der Waals surface area contributed by atoms with Crippen LogP contribution < -0.4 is 5.73 Å². The number of ketones is 1. The van der Waals surface area contributed by atoms with E-state index in [0.29, 0.717) is 12.8 Å². The molecule has 1 aromatic carbocycles. The van der Waals surface area contributed by atoms with Crippen LogP contribution in [0.15, 0.2) is 36.5 Å². The summed E-state index contributed by atoms with van der Waals surface area (Å²) in [6, 6.07) is 9.83. The van der Waals surface area contributed by atoms with Gasteiger partial charge in [0.2, 0.25) is 0 Å². The highest BCUT2D eigenvalue weighted by Crippen LogP contribution is 2.18. The number of carbonyl (C=O) groups is 1. The molecule has 0 fully saturated rings. The summed E-state index contributed by atoms with van der Waals surface area (Å²) in [6.07, 6.45) is 3.46. The van der Waals surface area contributed by atoms with E-state index >= 15 is 0 Å². The quantitative estimate of drug-likeness (QED) is 0.895. The third-order valence-electron chi connectivity index (χ3n) is 3.18. The van der Waals surface area contributed by atoms with Crippen LogP contribution in [0.5, 0.6) is 0 Å². The van der Waals surface area contributed by atoms with Gasteiger partial charge in [0.15, 0.2) is 0 Å². The summed E-state index contributed by atoms with van der Waals surface area (Å²) in [7, 11) is 0. The first-order valence-electron chi connectivity index (χ1n) is 6.59. The van der Waals surface area contributed by atoms with Crippen molar-refractivity contribution in [2.75, 3.05) is 0 Å². The molecule has 1 heterocycles. The fourth-order valence-corrected chi connectivity index (χ4v) is 2.07. The number of pyridine rings is 1. The maximum Gasteiger partial charge on any atom is 0.137 e. The van der Waals surface area contributed by atoms with Crippen LogP contribution in [0.4, 0.5) is 0 Å². The van der Waals surface area contributed by atoms with Crippen molar-refractivity contribution >= 4 is 16.7 Å². The third kappa shape index (κ3) is 3.86. The number of carbonyl (C=O) groups excluding carboxylic acids is 1. The van der Waals surface area contributed by atoms with Crippen molar-refractivity contribution in [3.05, 3.63) is 42.1 Å². The average Bonchev–Trinajstić information content (AvgIpc) is 2.36. The number of rotatable bonds is 5. The Morgan fingerprint density at radius 3 is 2.74 bits per heavy atom. The fraction of sp³-hybridized carbons (Fsp3) is 0.375. The van der Waals surface area contributed by atoms with Crippen LogP contribution in [-0.2, 0) is 11.2 Å². The topological polar surface area (TPSA) is 56.0 Å². The number of fused-ring (bicyclic) bond motifs is 1. The van der Waals surface area contributed by atoms with Crippen molar-refractivity contribution in [1.82, 2.24) is 4.98 Å². The summed E-state index contributed by atoms with van der Waals surface area (Å²) in [5, 5.41) is 1.06. The molecule has 0 saturated heterocycles. The predicted molar refractivity (Wildman–Crippen MR) is 78.0 cm³/mol. The van der Waals surface area contributed by atoms with Gasteiger partial charge in [0, 0.05) is 30.0 Å². The molecular weight excluding hydrogens is 236 g/mol. The van der Waals surface area contributed by atoms with E-state index in [1.54, 1.807) is 6.20 Å². The lowest BCUT2D eigenvalue weighted by atomic mass is 9.95. The minimum Gasteiger partial charge on any atom is -0.326 e. The second-order valence-corrected chi connectivity index (χ2v) is 5.69. The lowest BCUT2D eigenvalue weighted by Crippen LogP contribution is -2.32. The van der Waals surface area contributed by atoms with E-state index in [2.05, 4.69) is 4.98 Å². The van der Waals surface area contributed by atoms with Crippen LogP contribution in [0, 0.1) is 0 Å². The van der Waals surface area contributed by atoms with Crippen LogP contribution in [0.3, 0.4) is 0 Å². The Kier molecular flexibility index (Phi) is 3.96. The number of para-hydroxylation sites is 1. The standard InChI is InChI=1S/C16H20N2O/c1-16(2,17)9-7-13(19)11-12-8-10-18-15-6-4-3-5-14(12)15/h3-6,8,10H,7,9,11,17H2,1-2H3. The molecule has 19 heavy (non-hydrogen) atoms. The lowest BCUT2D eigenvalue weighted by molar-refractivity contribution is -0.118. The molecule has 2 rings (SSSR count). The summed E-state index contributed by atoms with van der Waals surface area (Å²) in [5.41, 5.74) is 7.61. The number of benzene rings is 1. The molecule has 0 amide bonds. The van der Waals surface area contributed by atoms with Crippen LogP contribution in [0.1, 0.15) is 32.3 Å². The summed E-state index contributed by atoms with van der Waals surface area (Å²) in [6.45, 7) is 3.89. The summed E-state index contributed by atoms with van der Waals surface area (Å²) in [5.74, 6) is 0.231. The molecule has 0 unspecified atom stereocenters. The zero-order chi connectivity index (χ0) is 13.9. The van der Waals surface area contributed by atoms with Crippen LogP contribution in [-0.4, -0.2) is 16.3 Å². The van der Waals surface area contributed by atoms with Crippen LogP contribution in [0.25, 0.3) is 10.9 Å². The first-order valence-corrected chi connectivity index (χ1v) is 6.59. The van der Waals surface area contributed by atoms with Crippen molar-refractivity contribution in [3.8, 4) is 0 Å². The zero-order valence-corrected chi connectivity index (χ0v) is 11.5. The maximum atomic E-state index is 12.0. The molecule has 0 saturated carbocycles. The monoisotopic (exact) mass is 256 g/mol. The summed E-state index contributed by atoms with van der Waals surface area (Å²) in [4.78, 5) is 16.3. The molecule has 0 radical (unpaired) electrons. The van der Waals surface area contributed by atoms with E-state index in [4.69, 9.17) is 5.73 Å². The van der Waals surface area contributed by atoms with Crippen molar-refractivity contribution in [2.24, 2.45) is 5.73 Å². The maximum absolute atomic E-state index is 12.0. The van der Waals surface area contributed by atoms with Crippen molar-refractivity contribution in [2.45, 2.75) is 38.6 Å². The minimum atomic E-state index is -0.282. The van der Waals surface area contributed by atoms with Crippen LogP contribution >= 0.6 is 0 Å².